The Balaban J connectivity index is 2.01. The zero-order chi connectivity index (χ0) is 20.8. The number of hydrogen-bond donors (Lipinski definition) is 0. The van der Waals surface area contributed by atoms with E-state index in [2.05, 4.69) is 39.9 Å². The molecule has 0 bridgehead atoms. The van der Waals surface area contributed by atoms with Crippen molar-refractivity contribution in [3.05, 3.63) is 41.5 Å². The van der Waals surface area contributed by atoms with Gasteiger partial charge in [-0.15, -0.1) is 0 Å². The van der Waals surface area contributed by atoms with E-state index < -0.39 is 14.4 Å². The SMILES string of the molecule is COc1ccc(CO[C@H](C=O)[C@H]2CCCC=C2CO[Si](C)(C)C(C)(C)C)cc1. The average Bonchev–Trinajstić information content (AvgIpc) is 2.67. The molecule has 1 aromatic rings. The van der Waals surface area contributed by atoms with Crippen LogP contribution in [0.4, 0.5) is 0 Å². The standard InChI is InChI=1S/C23H36O4Si/c1-23(2,3)28(5,6)27-17-19-9-7-8-10-21(19)22(15-24)26-16-18-11-13-20(25-4)14-12-18/h9,11-15,21-22H,7-8,10,16-17H2,1-6H3/t21-,22+/m0/s1. The first-order chi connectivity index (χ1) is 13.2. The Kier molecular flexibility index (Phi) is 8.04. The van der Waals surface area contributed by atoms with E-state index in [1.165, 1.54) is 5.57 Å². The van der Waals surface area contributed by atoms with Crippen molar-refractivity contribution < 1.29 is 18.7 Å². The maximum Gasteiger partial charge on any atom is 0.192 e. The molecule has 0 spiro atoms. The molecule has 1 aromatic carbocycles. The molecule has 2 atom stereocenters. The van der Waals surface area contributed by atoms with Crippen LogP contribution < -0.4 is 4.74 Å². The van der Waals surface area contributed by atoms with Crippen LogP contribution in [-0.2, 0) is 20.6 Å². The highest BCUT2D eigenvalue weighted by Gasteiger charge is 2.38. The zero-order valence-electron chi connectivity index (χ0n) is 18.3. The van der Waals surface area contributed by atoms with Gasteiger partial charge in [-0.2, -0.15) is 0 Å². The van der Waals surface area contributed by atoms with Crippen LogP contribution in [0.3, 0.4) is 0 Å². The summed E-state index contributed by atoms with van der Waals surface area (Å²) in [5.41, 5.74) is 2.26. The van der Waals surface area contributed by atoms with Gasteiger partial charge in [0.15, 0.2) is 8.32 Å². The first kappa shape index (κ1) is 22.9. The van der Waals surface area contributed by atoms with Gasteiger partial charge in [0.1, 0.15) is 18.1 Å². The minimum absolute atomic E-state index is 0.106. The predicted octanol–water partition coefficient (Wildman–Crippen LogP) is 5.53. The molecule has 4 nitrogen and oxygen atoms in total. The smallest absolute Gasteiger partial charge is 0.192 e. The fourth-order valence-corrected chi connectivity index (χ4v) is 4.11. The van der Waals surface area contributed by atoms with Gasteiger partial charge in [0.25, 0.3) is 0 Å². The number of carbonyl (C=O) groups is 1. The number of rotatable bonds is 9. The number of hydrogen-bond acceptors (Lipinski definition) is 4. The highest BCUT2D eigenvalue weighted by atomic mass is 28.4. The average molecular weight is 405 g/mol. The Hall–Kier alpha value is -1.43. The molecule has 0 aliphatic heterocycles. The molecule has 0 fully saturated rings. The fourth-order valence-electron chi connectivity index (χ4n) is 3.15. The second-order valence-corrected chi connectivity index (χ2v) is 13.9. The minimum atomic E-state index is -1.83. The molecule has 2 rings (SSSR count). The lowest BCUT2D eigenvalue weighted by atomic mass is 9.84. The Morgan fingerprint density at radius 2 is 1.86 bits per heavy atom. The Morgan fingerprint density at radius 3 is 2.43 bits per heavy atom. The first-order valence-electron chi connectivity index (χ1n) is 10.2. The molecule has 0 unspecified atom stereocenters. The maximum absolute atomic E-state index is 11.8. The van der Waals surface area contributed by atoms with E-state index in [0.29, 0.717) is 13.2 Å². The Morgan fingerprint density at radius 1 is 1.18 bits per heavy atom. The van der Waals surface area contributed by atoms with Crippen LogP contribution in [0.15, 0.2) is 35.9 Å². The number of allylic oxidation sites excluding steroid dienone is 1. The molecule has 1 aliphatic rings. The van der Waals surface area contributed by atoms with Gasteiger partial charge in [0, 0.05) is 5.92 Å². The summed E-state index contributed by atoms with van der Waals surface area (Å²) in [4.78, 5) is 11.8. The highest BCUT2D eigenvalue weighted by molar-refractivity contribution is 6.74. The second kappa shape index (κ2) is 9.86. The summed E-state index contributed by atoms with van der Waals surface area (Å²) >= 11 is 0. The number of carbonyl (C=O) groups excluding carboxylic acids is 1. The Labute approximate surface area is 171 Å². The molecule has 0 amide bonds. The van der Waals surface area contributed by atoms with Crippen LogP contribution in [0.25, 0.3) is 0 Å². The summed E-state index contributed by atoms with van der Waals surface area (Å²) in [6.45, 7) is 12.3. The van der Waals surface area contributed by atoms with E-state index in [9.17, 15) is 4.79 Å². The van der Waals surface area contributed by atoms with E-state index in [-0.39, 0.29) is 11.0 Å². The quantitative estimate of drug-likeness (QED) is 0.308. The fraction of sp³-hybridized carbons (Fsp3) is 0.609. The lowest BCUT2D eigenvalue weighted by molar-refractivity contribution is -0.122. The van der Waals surface area contributed by atoms with Gasteiger partial charge in [-0.1, -0.05) is 39.0 Å². The number of ether oxygens (including phenoxy) is 2. The van der Waals surface area contributed by atoms with Crippen molar-refractivity contribution >= 4 is 14.6 Å². The second-order valence-electron chi connectivity index (χ2n) is 9.13. The van der Waals surface area contributed by atoms with E-state index in [4.69, 9.17) is 13.9 Å². The number of benzene rings is 1. The predicted molar refractivity (Wildman–Crippen MR) is 116 cm³/mol. The Bertz CT molecular complexity index is 658. The molecular formula is C23H36O4Si. The van der Waals surface area contributed by atoms with Gasteiger partial charge in [-0.05, 0) is 60.7 Å². The monoisotopic (exact) mass is 404 g/mol. The summed E-state index contributed by atoms with van der Waals surface area (Å²) in [6, 6.07) is 7.76. The normalized spacial score (nSPS) is 19.1. The van der Waals surface area contributed by atoms with Gasteiger partial charge >= 0.3 is 0 Å². The largest absolute Gasteiger partial charge is 0.497 e. The molecule has 0 radical (unpaired) electrons. The molecule has 0 heterocycles. The summed E-state index contributed by atoms with van der Waals surface area (Å²) < 4.78 is 17.6. The van der Waals surface area contributed by atoms with Gasteiger partial charge < -0.3 is 18.7 Å². The topological polar surface area (TPSA) is 44.8 Å². The molecule has 1 aliphatic carbocycles. The van der Waals surface area contributed by atoms with Gasteiger partial charge in [0.2, 0.25) is 0 Å². The molecule has 156 valence electrons. The molecule has 0 aromatic heterocycles. The summed E-state index contributed by atoms with van der Waals surface area (Å²) in [5, 5.41) is 0.173. The van der Waals surface area contributed by atoms with Gasteiger partial charge in [-0.25, -0.2) is 0 Å². The van der Waals surface area contributed by atoms with Crippen LogP contribution in [0.1, 0.15) is 45.6 Å². The van der Waals surface area contributed by atoms with Crippen molar-refractivity contribution in [1.82, 2.24) is 0 Å². The molecule has 5 heteroatoms. The van der Waals surface area contributed by atoms with Crippen LogP contribution >= 0.6 is 0 Å². The van der Waals surface area contributed by atoms with E-state index in [1.807, 2.05) is 24.3 Å². The van der Waals surface area contributed by atoms with Crippen molar-refractivity contribution in [2.45, 2.75) is 70.9 Å². The lowest BCUT2D eigenvalue weighted by Gasteiger charge is -2.38. The molecule has 0 saturated carbocycles. The van der Waals surface area contributed by atoms with Crippen molar-refractivity contribution in [3.8, 4) is 5.75 Å². The lowest BCUT2D eigenvalue weighted by Crippen LogP contribution is -2.42. The third-order valence-corrected chi connectivity index (χ3v) is 10.6. The maximum atomic E-state index is 11.8. The van der Waals surface area contributed by atoms with Crippen molar-refractivity contribution in [3.63, 3.8) is 0 Å². The van der Waals surface area contributed by atoms with Crippen LogP contribution in [0.2, 0.25) is 18.1 Å². The highest BCUT2D eigenvalue weighted by Crippen LogP contribution is 2.38. The van der Waals surface area contributed by atoms with Crippen LogP contribution in [0, 0.1) is 5.92 Å². The van der Waals surface area contributed by atoms with E-state index >= 15 is 0 Å². The third kappa shape index (κ3) is 6.03. The minimum Gasteiger partial charge on any atom is -0.497 e. The van der Waals surface area contributed by atoms with Crippen LogP contribution in [-0.4, -0.2) is 34.4 Å². The summed E-state index contributed by atoms with van der Waals surface area (Å²) in [7, 11) is -0.176. The number of aldehydes is 1. The first-order valence-corrected chi connectivity index (χ1v) is 13.1. The van der Waals surface area contributed by atoms with Gasteiger partial charge in [0.05, 0.1) is 20.3 Å². The summed E-state index contributed by atoms with van der Waals surface area (Å²) in [6.07, 6.45) is 5.89. The molecule has 0 N–H and O–H groups in total. The number of methoxy groups -OCH3 is 1. The molecular weight excluding hydrogens is 368 g/mol. The van der Waals surface area contributed by atoms with Crippen LogP contribution in [0.5, 0.6) is 5.75 Å². The van der Waals surface area contributed by atoms with E-state index in [0.717, 1.165) is 36.9 Å². The third-order valence-electron chi connectivity index (χ3n) is 6.14. The van der Waals surface area contributed by atoms with Gasteiger partial charge in [-0.3, -0.25) is 0 Å². The molecule has 0 saturated heterocycles. The molecule has 28 heavy (non-hydrogen) atoms. The van der Waals surface area contributed by atoms with Crippen molar-refractivity contribution in [2.75, 3.05) is 13.7 Å². The van der Waals surface area contributed by atoms with Crippen molar-refractivity contribution in [1.29, 1.82) is 0 Å². The van der Waals surface area contributed by atoms with Crippen molar-refractivity contribution in [2.24, 2.45) is 5.92 Å². The van der Waals surface area contributed by atoms with E-state index in [1.54, 1.807) is 7.11 Å². The summed E-state index contributed by atoms with van der Waals surface area (Å²) in [5.74, 6) is 0.922. The zero-order valence-corrected chi connectivity index (χ0v) is 19.3.